The maximum Gasteiger partial charge on any atom is 0.264 e. The molecule has 1 aromatic carbocycles. The second-order valence-corrected chi connectivity index (χ2v) is 3.57. The van der Waals surface area contributed by atoms with Gasteiger partial charge in [-0.05, 0) is 18.2 Å². The summed E-state index contributed by atoms with van der Waals surface area (Å²) in [5.74, 6) is -1.50. The van der Waals surface area contributed by atoms with Crippen LogP contribution in [-0.4, -0.2) is 24.8 Å². The lowest BCUT2D eigenvalue weighted by Crippen LogP contribution is -2.31. The van der Waals surface area contributed by atoms with Gasteiger partial charge < -0.3 is 10.2 Å². The first kappa shape index (κ1) is 11.5. The van der Waals surface area contributed by atoms with E-state index in [4.69, 9.17) is 4.84 Å². The summed E-state index contributed by atoms with van der Waals surface area (Å²) in [4.78, 5) is 16.1. The molecule has 0 bridgehead atoms. The molecule has 1 atom stereocenters. The molecule has 0 unspecified atom stereocenters. The average molecular weight is 240 g/mol. The van der Waals surface area contributed by atoms with E-state index in [1.54, 1.807) is 0 Å². The summed E-state index contributed by atoms with van der Waals surface area (Å²) in [6, 6.07) is 3.07. The fourth-order valence-electron chi connectivity index (χ4n) is 1.56. The van der Waals surface area contributed by atoms with Gasteiger partial charge in [-0.25, -0.2) is 8.78 Å². The number of amides is 1. The van der Waals surface area contributed by atoms with Gasteiger partial charge in [0, 0.05) is 19.0 Å². The van der Waals surface area contributed by atoms with Gasteiger partial charge in [-0.15, -0.1) is 0 Å². The smallest absolute Gasteiger partial charge is 0.264 e. The average Bonchev–Trinajstić information content (AvgIpc) is 2.80. The van der Waals surface area contributed by atoms with E-state index in [9.17, 15) is 13.6 Å². The van der Waals surface area contributed by atoms with Crippen molar-refractivity contribution in [2.45, 2.75) is 12.5 Å². The summed E-state index contributed by atoms with van der Waals surface area (Å²) < 4.78 is 26.4. The molecule has 0 aromatic heterocycles. The summed E-state index contributed by atoms with van der Waals surface area (Å²) in [6.45, 7) is 0. The molecule has 0 spiro atoms. The van der Waals surface area contributed by atoms with E-state index in [1.165, 1.54) is 7.05 Å². The highest BCUT2D eigenvalue weighted by molar-refractivity contribution is 6.04. The topological polar surface area (TPSA) is 50.7 Å². The molecule has 6 heteroatoms. The van der Waals surface area contributed by atoms with Gasteiger partial charge in [0.05, 0.1) is 5.71 Å². The van der Waals surface area contributed by atoms with Crippen LogP contribution in [0.3, 0.4) is 0 Å². The number of rotatable bonds is 2. The molecular weight excluding hydrogens is 230 g/mol. The quantitative estimate of drug-likeness (QED) is 0.844. The van der Waals surface area contributed by atoms with Crippen LogP contribution in [0.25, 0.3) is 0 Å². The van der Waals surface area contributed by atoms with Gasteiger partial charge >= 0.3 is 0 Å². The molecule has 1 aliphatic heterocycles. The predicted octanol–water partition coefficient (Wildman–Crippen LogP) is 1.20. The van der Waals surface area contributed by atoms with Gasteiger partial charge in [-0.2, -0.15) is 0 Å². The molecule has 1 aliphatic rings. The Morgan fingerprint density at radius 3 is 3.00 bits per heavy atom. The summed E-state index contributed by atoms with van der Waals surface area (Å²) in [6.07, 6.45) is -0.655. The Morgan fingerprint density at radius 2 is 2.29 bits per heavy atom. The van der Waals surface area contributed by atoms with Gasteiger partial charge in [-0.1, -0.05) is 5.16 Å². The van der Waals surface area contributed by atoms with Crippen molar-refractivity contribution in [3.05, 3.63) is 35.4 Å². The molecule has 17 heavy (non-hydrogen) atoms. The van der Waals surface area contributed by atoms with E-state index < -0.39 is 17.7 Å². The highest BCUT2D eigenvalue weighted by Crippen LogP contribution is 2.19. The third-order valence-electron chi connectivity index (χ3n) is 2.45. The molecule has 1 aromatic rings. The molecule has 2 rings (SSSR count). The minimum atomic E-state index is -0.780. The van der Waals surface area contributed by atoms with Crippen molar-refractivity contribution >= 4 is 11.6 Å². The van der Waals surface area contributed by atoms with E-state index in [1.807, 2.05) is 0 Å². The first-order valence-corrected chi connectivity index (χ1v) is 5.01. The number of halogens is 2. The third kappa shape index (κ3) is 2.25. The van der Waals surface area contributed by atoms with E-state index in [-0.39, 0.29) is 23.6 Å². The van der Waals surface area contributed by atoms with Crippen molar-refractivity contribution in [1.82, 2.24) is 5.32 Å². The van der Waals surface area contributed by atoms with E-state index >= 15 is 0 Å². The van der Waals surface area contributed by atoms with Crippen LogP contribution in [0, 0.1) is 11.6 Å². The second kappa shape index (κ2) is 4.48. The molecule has 0 saturated carbocycles. The molecular formula is C11H10F2N2O2. The predicted molar refractivity (Wildman–Crippen MR) is 56.5 cm³/mol. The summed E-state index contributed by atoms with van der Waals surface area (Å²) in [5.41, 5.74) is 0.256. The minimum Gasteiger partial charge on any atom is -0.382 e. The van der Waals surface area contributed by atoms with Crippen molar-refractivity contribution in [2.24, 2.45) is 5.16 Å². The number of hydrogen-bond acceptors (Lipinski definition) is 3. The number of carbonyl (C=O) groups is 1. The lowest BCUT2D eigenvalue weighted by molar-refractivity contribution is -0.130. The first-order chi connectivity index (χ1) is 8.11. The molecule has 0 aliphatic carbocycles. The van der Waals surface area contributed by atoms with Crippen molar-refractivity contribution in [3.63, 3.8) is 0 Å². The number of nitrogens with zero attached hydrogens (tertiary/aromatic N) is 1. The monoisotopic (exact) mass is 240 g/mol. The largest absolute Gasteiger partial charge is 0.382 e. The van der Waals surface area contributed by atoms with Gasteiger partial charge in [0.15, 0.2) is 0 Å². The fraction of sp³-hybridized carbons (Fsp3) is 0.273. The van der Waals surface area contributed by atoms with Crippen LogP contribution in [0.5, 0.6) is 0 Å². The Hall–Kier alpha value is -1.98. The van der Waals surface area contributed by atoms with Crippen LogP contribution < -0.4 is 5.32 Å². The number of nitrogens with one attached hydrogen (secondary N) is 1. The van der Waals surface area contributed by atoms with E-state index in [0.717, 1.165) is 18.2 Å². The minimum absolute atomic E-state index is 0.0244. The van der Waals surface area contributed by atoms with Gasteiger partial charge in [0.2, 0.25) is 6.10 Å². The zero-order chi connectivity index (χ0) is 12.4. The van der Waals surface area contributed by atoms with Crippen LogP contribution in [0.1, 0.15) is 12.0 Å². The van der Waals surface area contributed by atoms with Gasteiger partial charge in [0.1, 0.15) is 11.6 Å². The van der Waals surface area contributed by atoms with Gasteiger partial charge in [0.25, 0.3) is 5.91 Å². The number of oxime groups is 1. The van der Waals surface area contributed by atoms with Crippen molar-refractivity contribution in [3.8, 4) is 0 Å². The van der Waals surface area contributed by atoms with Crippen molar-refractivity contribution in [2.75, 3.05) is 7.05 Å². The summed E-state index contributed by atoms with van der Waals surface area (Å²) in [7, 11) is 1.46. The lowest BCUT2D eigenvalue weighted by atomic mass is 10.0. The highest BCUT2D eigenvalue weighted by atomic mass is 19.1. The zero-order valence-corrected chi connectivity index (χ0v) is 9.04. The Labute approximate surface area is 96.3 Å². The lowest BCUT2D eigenvalue weighted by Gasteiger charge is -2.05. The van der Waals surface area contributed by atoms with Crippen LogP contribution in [0.15, 0.2) is 23.4 Å². The standard InChI is InChI=1S/C11H10F2N2O2/c1-14-11(16)10-5-9(15-17-10)7-4-6(12)2-3-8(7)13/h2-4,10H,5H2,1H3,(H,14,16)/t10-/m1/s1. The summed E-state index contributed by atoms with van der Waals surface area (Å²) in [5, 5.41) is 6.01. The zero-order valence-electron chi connectivity index (χ0n) is 9.04. The molecule has 90 valence electrons. The summed E-state index contributed by atoms with van der Waals surface area (Å²) >= 11 is 0. The Morgan fingerprint density at radius 1 is 1.53 bits per heavy atom. The molecule has 1 N–H and O–H groups in total. The van der Waals surface area contributed by atoms with Gasteiger partial charge in [-0.3, -0.25) is 4.79 Å². The third-order valence-corrected chi connectivity index (χ3v) is 2.45. The number of likely N-dealkylation sites (N-methyl/N-ethyl adjacent to an activating group) is 1. The highest BCUT2D eigenvalue weighted by Gasteiger charge is 2.29. The van der Waals surface area contributed by atoms with E-state index in [2.05, 4.69) is 10.5 Å². The molecule has 1 amide bonds. The Bertz CT molecular complexity index is 488. The number of benzene rings is 1. The molecule has 1 heterocycles. The molecule has 0 fully saturated rings. The fourth-order valence-corrected chi connectivity index (χ4v) is 1.56. The van der Waals surface area contributed by atoms with Crippen LogP contribution in [0.4, 0.5) is 8.78 Å². The van der Waals surface area contributed by atoms with Crippen molar-refractivity contribution < 1.29 is 18.4 Å². The molecule has 0 radical (unpaired) electrons. The van der Waals surface area contributed by atoms with Crippen LogP contribution in [0.2, 0.25) is 0 Å². The van der Waals surface area contributed by atoms with Crippen molar-refractivity contribution in [1.29, 1.82) is 0 Å². The van der Waals surface area contributed by atoms with Crippen LogP contribution >= 0.6 is 0 Å². The SMILES string of the molecule is CNC(=O)[C@H]1CC(c2cc(F)ccc2F)=NO1. The maximum absolute atomic E-state index is 13.4. The Balaban J connectivity index is 2.20. The second-order valence-electron chi connectivity index (χ2n) is 3.57. The first-order valence-electron chi connectivity index (χ1n) is 5.01. The van der Waals surface area contributed by atoms with Crippen LogP contribution in [-0.2, 0) is 9.63 Å². The van der Waals surface area contributed by atoms with E-state index in [0.29, 0.717) is 0 Å². The maximum atomic E-state index is 13.4. The molecule has 0 saturated heterocycles. The normalized spacial score (nSPS) is 18.5. The number of hydrogen-bond donors (Lipinski definition) is 1. The Kier molecular flexibility index (Phi) is 3.03. The molecule has 4 nitrogen and oxygen atoms in total. The number of carbonyl (C=O) groups excluding carboxylic acids is 1.